The molecule has 2 aromatic carbocycles. The molecule has 4 N–H and O–H groups in total. The average molecular weight is 274 g/mol. The minimum Gasteiger partial charge on any atom is -0.507 e. The lowest BCUT2D eigenvalue weighted by Gasteiger charge is -2.11. The molecule has 0 heterocycles. The number of phenols is 2. The molecule has 6 heteroatoms. The van der Waals surface area contributed by atoms with Crippen molar-refractivity contribution >= 4 is 11.9 Å². The molecule has 0 aromatic heterocycles. The van der Waals surface area contributed by atoms with E-state index < -0.39 is 11.9 Å². The van der Waals surface area contributed by atoms with Crippen LogP contribution in [0.1, 0.15) is 20.7 Å². The smallest absolute Gasteiger partial charge is 0.336 e. The topological polar surface area (TPSA) is 115 Å². The summed E-state index contributed by atoms with van der Waals surface area (Å²) in [5.74, 6) is -3.21. The summed E-state index contributed by atoms with van der Waals surface area (Å²) in [6.07, 6.45) is 0. The molecule has 0 atom stereocenters. The maximum atomic E-state index is 11.2. The fourth-order valence-electron chi connectivity index (χ4n) is 1.88. The van der Waals surface area contributed by atoms with Crippen LogP contribution in [0.2, 0.25) is 0 Å². The standard InChI is InChI=1S/C14H10O6/c15-10-2-1-3-11(16)12(10)8-5-4-7(13(17)18)6-9(8)14(19)20/h1-6,15-16H,(H,17,18)(H,19,20). The van der Waals surface area contributed by atoms with Crippen LogP contribution < -0.4 is 0 Å². The van der Waals surface area contributed by atoms with Crippen molar-refractivity contribution in [2.75, 3.05) is 0 Å². The Labute approximate surface area is 113 Å². The van der Waals surface area contributed by atoms with Crippen LogP contribution >= 0.6 is 0 Å². The van der Waals surface area contributed by atoms with Crippen molar-refractivity contribution in [1.82, 2.24) is 0 Å². The number of hydrogen-bond donors (Lipinski definition) is 4. The van der Waals surface area contributed by atoms with E-state index in [1.165, 1.54) is 30.3 Å². The second-order valence-electron chi connectivity index (χ2n) is 4.04. The lowest BCUT2D eigenvalue weighted by Crippen LogP contribution is -2.04. The first-order chi connectivity index (χ1) is 9.41. The van der Waals surface area contributed by atoms with Crippen molar-refractivity contribution in [3.05, 3.63) is 47.5 Å². The molecule has 0 unspecified atom stereocenters. The monoisotopic (exact) mass is 274 g/mol. The molecular formula is C14H10O6. The first-order valence-corrected chi connectivity index (χ1v) is 5.53. The van der Waals surface area contributed by atoms with Crippen LogP contribution in [0.4, 0.5) is 0 Å². The number of carboxylic acids is 2. The Morgan fingerprint density at radius 3 is 1.95 bits per heavy atom. The van der Waals surface area contributed by atoms with E-state index in [0.29, 0.717) is 0 Å². The zero-order valence-electron chi connectivity index (χ0n) is 10.1. The Morgan fingerprint density at radius 1 is 0.850 bits per heavy atom. The number of benzene rings is 2. The van der Waals surface area contributed by atoms with E-state index in [2.05, 4.69) is 0 Å². The average Bonchev–Trinajstić information content (AvgIpc) is 2.38. The largest absolute Gasteiger partial charge is 0.507 e. The van der Waals surface area contributed by atoms with E-state index >= 15 is 0 Å². The molecule has 0 amide bonds. The third-order valence-corrected chi connectivity index (χ3v) is 2.79. The van der Waals surface area contributed by atoms with E-state index in [4.69, 9.17) is 10.2 Å². The Bertz CT molecular complexity index is 685. The summed E-state index contributed by atoms with van der Waals surface area (Å²) >= 11 is 0. The van der Waals surface area contributed by atoms with Crippen molar-refractivity contribution in [3.8, 4) is 22.6 Å². The summed E-state index contributed by atoms with van der Waals surface area (Å²) in [5, 5.41) is 37.5. The van der Waals surface area contributed by atoms with Gasteiger partial charge in [0.15, 0.2) is 0 Å². The van der Waals surface area contributed by atoms with Crippen LogP contribution in [0.15, 0.2) is 36.4 Å². The van der Waals surface area contributed by atoms with Gasteiger partial charge in [0.25, 0.3) is 0 Å². The molecule has 0 bridgehead atoms. The van der Waals surface area contributed by atoms with Gasteiger partial charge in [0, 0.05) is 5.56 Å². The first-order valence-electron chi connectivity index (χ1n) is 5.53. The van der Waals surface area contributed by atoms with Crippen LogP contribution in [0.5, 0.6) is 11.5 Å². The van der Waals surface area contributed by atoms with Crippen LogP contribution in [-0.4, -0.2) is 32.4 Å². The van der Waals surface area contributed by atoms with Crippen LogP contribution in [0.25, 0.3) is 11.1 Å². The predicted molar refractivity (Wildman–Crippen MR) is 69.1 cm³/mol. The minimum absolute atomic E-state index is 0.0399. The highest BCUT2D eigenvalue weighted by Gasteiger charge is 2.19. The van der Waals surface area contributed by atoms with Gasteiger partial charge in [-0.25, -0.2) is 9.59 Å². The summed E-state index contributed by atoms with van der Waals surface area (Å²) in [4.78, 5) is 22.1. The zero-order valence-corrected chi connectivity index (χ0v) is 10.1. The summed E-state index contributed by atoms with van der Waals surface area (Å²) in [5.41, 5.74) is -0.525. The predicted octanol–water partition coefficient (Wildman–Crippen LogP) is 2.16. The van der Waals surface area contributed by atoms with Crippen molar-refractivity contribution in [2.24, 2.45) is 0 Å². The van der Waals surface area contributed by atoms with E-state index in [-0.39, 0.29) is 33.8 Å². The zero-order chi connectivity index (χ0) is 14.9. The van der Waals surface area contributed by atoms with Gasteiger partial charge >= 0.3 is 11.9 Å². The fourth-order valence-corrected chi connectivity index (χ4v) is 1.88. The van der Waals surface area contributed by atoms with Crippen LogP contribution in [-0.2, 0) is 0 Å². The van der Waals surface area contributed by atoms with E-state index in [9.17, 15) is 19.8 Å². The van der Waals surface area contributed by atoms with E-state index in [1.54, 1.807) is 0 Å². The normalized spacial score (nSPS) is 10.2. The summed E-state index contributed by atoms with van der Waals surface area (Å²) in [6, 6.07) is 7.42. The quantitative estimate of drug-likeness (QED) is 0.681. The molecule has 20 heavy (non-hydrogen) atoms. The van der Waals surface area contributed by atoms with Crippen molar-refractivity contribution in [2.45, 2.75) is 0 Å². The summed E-state index contributed by atoms with van der Waals surface area (Å²) in [7, 11) is 0. The van der Waals surface area contributed by atoms with Gasteiger partial charge in [-0.2, -0.15) is 0 Å². The molecular weight excluding hydrogens is 264 g/mol. The number of aromatic carboxylic acids is 2. The summed E-state index contributed by atoms with van der Waals surface area (Å²) < 4.78 is 0. The molecule has 0 saturated heterocycles. The van der Waals surface area contributed by atoms with Gasteiger partial charge in [-0.3, -0.25) is 0 Å². The number of hydrogen-bond acceptors (Lipinski definition) is 4. The molecule has 2 aromatic rings. The Hall–Kier alpha value is -3.02. The highest BCUT2D eigenvalue weighted by atomic mass is 16.4. The number of phenolic OH excluding ortho intramolecular Hbond substituents is 2. The van der Waals surface area contributed by atoms with Crippen molar-refractivity contribution < 1.29 is 30.0 Å². The molecule has 6 nitrogen and oxygen atoms in total. The first kappa shape index (κ1) is 13.4. The Morgan fingerprint density at radius 2 is 1.45 bits per heavy atom. The molecule has 0 radical (unpaired) electrons. The fraction of sp³-hybridized carbons (Fsp3) is 0. The van der Waals surface area contributed by atoms with Gasteiger partial charge in [-0.05, 0) is 24.3 Å². The second kappa shape index (κ2) is 4.93. The van der Waals surface area contributed by atoms with Crippen molar-refractivity contribution in [3.63, 3.8) is 0 Å². The Balaban J connectivity index is 2.74. The molecule has 2 rings (SSSR count). The molecule has 0 aliphatic rings. The molecule has 0 saturated carbocycles. The van der Waals surface area contributed by atoms with Crippen LogP contribution in [0, 0.1) is 0 Å². The molecule has 0 spiro atoms. The third kappa shape index (κ3) is 2.26. The van der Waals surface area contributed by atoms with E-state index in [1.807, 2.05) is 0 Å². The molecule has 102 valence electrons. The maximum Gasteiger partial charge on any atom is 0.336 e. The third-order valence-electron chi connectivity index (χ3n) is 2.79. The van der Waals surface area contributed by atoms with E-state index in [0.717, 1.165) is 6.07 Å². The van der Waals surface area contributed by atoms with Gasteiger partial charge in [0.2, 0.25) is 0 Å². The number of carboxylic acid groups (broad SMARTS) is 2. The van der Waals surface area contributed by atoms with Gasteiger partial charge < -0.3 is 20.4 Å². The van der Waals surface area contributed by atoms with Crippen molar-refractivity contribution in [1.29, 1.82) is 0 Å². The molecule has 0 aliphatic carbocycles. The number of carbonyl (C=O) groups is 2. The minimum atomic E-state index is -1.36. The maximum absolute atomic E-state index is 11.2. The van der Waals surface area contributed by atoms with Gasteiger partial charge in [-0.15, -0.1) is 0 Å². The summed E-state index contributed by atoms with van der Waals surface area (Å²) in [6.45, 7) is 0. The SMILES string of the molecule is O=C(O)c1ccc(-c2c(O)cccc2O)c(C(=O)O)c1. The lowest BCUT2D eigenvalue weighted by atomic mass is 9.96. The number of aromatic hydroxyl groups is 2. The second-order valence-corrected chi connectivity index (χ2v) is 4.04. The highest BCUT2D eigenvalue weighted by Crippen LogP contribution is 2.38. The molecule has 0 fully saturated rings. The van der Waals surface area contributed by atoms with Gasteiger partial charge in [0.05, 0.1) is 16.7 Å². The van der Waals surface area contributed by atoms with Crippen LogP contribution in [0.3, 0.4) is 0 Å². The Kier molecular flexibility index (Phi) is 3.30. The highest BCUT2D eigenvalue weighted by molar-refractivity contribution is 6.01. The van der Waals surface area contributed by atoms with Gasteiger partial charge in [-0.1, -0.05) is 12.1 Å². The molecule has 0 aliphatic heterocycles. The van der Waals surface area contributed by atoms with Gasteiger partial charge in [0.1, 0.15) is 11.5 Å². The number of rotatable bonds is 3. The lowest BCUT2D eigenvalue weighted by molar-refractivity contribution is 0.0696.